The SMILES string of the molecule is COc1ccc(C(O)c2ccc(F)c(Br)c2)cc1. The van der Waals surface area contributed by atoms with Crippen LogP contribution in [0.15, 0.2) is 46.9 Å². The fourth-order valence-electron chi connectivity index (χ4n) is 1.66. The quantitative estimate of drug-likeness (QED) is 0.937. The van der Waals surface area contributed by atoms with E-state index in [9.17, 15) is 9.50 Å². The van der Waals surface area contributed by atoms with Crippen LogP contribution in [0.4, 0.5) is 4.39 Å². The molecule has 18 heavy (non-hydrogen) atoms. The van der Waals surface area contributed by atoms with Gasteiger partial charge in [0.15, 0.2) is 0 Å². The molecular weight excluding hydrogens is 299 g/mol. The van der Waals surface area contributed by atoms with E-state index in [1.807, 2.05) is 0 Å². The molecule has 1 unspecified atom stereocenters. The van der Waals surface area contributed by atoms with Gasteiger partial charge in [-0.2, -0.15) is 0 Å². The summed E-state index contributed by atoms with van der Waals surface area (Å²) >= 11 is 3.10. The summed E-state index contributed by atoms with van der Waals surface area (Å²) in [5.41, 5.74) is 1.36. The standard InChI is InChI=1S/C14H12BrFO2/c1-18-11-5-2-9(3-6-11)14(17)10-4-7-13(16)12(15)8-10/h2-8,14,17H,1H3. The number of hydrogen-bond donors (Lipinski definition) is 1. The zero-order chi connectivity index (χ0) is 13.1. The van der Waals surface area contributed by atoms with Crippen LogP contribution in [0, 0.1) is 5.82 Å². The van der Waals surface area contributed by atoms with Crippen LogP contribution in [0.1, 0.15) is 17.2 Å². The number of methoxy groups -OCH3 is 1. The van der Waals surface area contributed by atoms with Gasteiger partial charge >= 0.3 is 0 Å². The fraction of sp³-hybridized carbons (Fsp3) is 0.143. The topological polar surface area (TPSA) is 29.5 Å². The van der Waals surface area contributed by atoms with E-state index in [1.165, 1.54) is 6.07 Å². The van der Waals surface area contributed by atoms with Gasteiger partial charge in [-0.25, -0.2) is 4.39 Å². The normalized spacial score (nSPS) is 12.2. The molecule has 94 valence electrons. The molecule has 2 rings (SSSR count). The van der Waals surface area contributed by atoms with E-state index in [4.69, 9.17) is 4.74 Å². The lowest BCUT2D eigenvalue weighted by Crippen LogP contribution is -2.00. The lowest BCUT2D eigenvalue weighted by molar-refractivity contribution is 0.220. The molecule has 0 aliphatic heterocycles. The van der Waals surface area contributed by atoms with Gasteiger partial charge in [-0.15, -0.1) is 0 Å². The Morgan fingerprint density at radius 3 is 2.28 bits per heavy atom. The van der Waals surface area contributed by atoms with Crippen LogP contribution in [0.5, 0.6) is 5.75 Å². The lowest BCUT2D eigenvalue weighted by Gasteiger charge is -2.12. The molecule has 0 bridgehead atoms. The zero-order valence-corrected chi connectivity index (χ0v) is 11.3. The number of aliphatic hydroxyl groups excluding tert-OH is 1. The van der Waals surface area contributed by atoms with Gasteiger partial charge in [0.25, 0.3) is 0 Å². The summed E-state index contributed by atoms with van der Waals surface area (Å²) in [5.74, 6) is 0.381. The van der Waals surface area contributed by atoms with Gasteiger partial charge in [0.2, 0.25) is 0 Å². The number of aliphatic hydroxyl groups is 1. The van der Waals surface area contributed by atoms with Crippen molar-refractivity contribution in [3.05, 3.63) is 63.9 Å². The summed E-state index contributed by atoms with van der Waals surface area (Å²) in [5, 5.41) is 10.2. The maximum absolute atomic E-state index is 13.1. The third-order valence-electron chi connectivity index (χ3n) is 2.69. The maximum Gasteiger partial charge on any atom is 0.137 e. The highest BCUT2D eigenvalue weighted by Crippen LogP contribution is 2.27. The average Bonchev–Trinajstić information content (AvgIpc) is 2.41. The third kappa shape index (κ3) is 2.71. The fourth-order valence-corrected chi connectivity index (χ4v) is 2.06. The molecule has 1 atom stereocenters. The van der Waals surface area contributed by atoms with Gasteiger partial charge < -0.3 is 9.84 Å². The first-order chi connectivity index (χ1) is 8.61. The second-order valence-electron chi connectivity index (χ2n) is 3.85. The van der Waals surface area contributed by atoms with Crippen LogP contribution >= 0.6 is 15.9 Å². The monoisotopic (exact) mass is 310 g/mol. The lowest BCUT2D eigenvalue weighted by atomic mass is 10.0. The number of rotatable bonds is 3. The van der Waals surface area contributed by atoms with Crippen molar-refractivity contribution in [2.24, 2.45) is 0 Å². The smallest absolute Gasteiger partial charge is 0.137 e. The van der Waals surface area contributed by atoms with Gasteiger partial charge in [0.1, 0.15) is 17.7 Å². The molecule has 2 aromatic carbocycles. The van der Waals surface area contributed by atoms with Crippen LogP contribution in [0.25, 0.3) is 0 Å². The van der Waals surface area contributed by atoms with Crippen LogP contribution < -0.4 is 4.74 Å². The molecule has 0 heterocycles. The Hall–Kier alpha value is -1.39. The molecule has 0 aromatic heterocycles. The van der Waals surface area contributed by atoms with Crippen molar-refractivity contribution in [2.45, 2.75) is 6.10 Å². The maximum atomic E-state index is 13.1. The minimum absolute atomic E-state index is 0.340. The molecule has 2 aromatic rings. The van der Waals surface area contributed by atoms with E-state index in [1.54, 1.807) is 43.5 Å². The Morgan fingerprint density at radius 2 is 1.72 bits per heavy atom. The van der Waals surface area contributed by atoms with Crippen molar-refractivity contribution in [3.63, 3.8) is 0 Å². The van der Waals surface area contributed by atoms with Gasteiger partial charge in [-0.3, -0.25) is 0 Å². The summed E-state index contributed by atoms with van der Waals surface area (Å²) in [7, 11) is 1.59. The minimum Gasteiger partial charge on any atom is -0.497 e. The van der Waals surface area contributed by atoms with Gasteiger partial charge in [0.05, 0.1) is 11.6 Å². The van der Waals surface area contributed by atoms with E-state index < -0.39 is 6.10 Å². The predicted molar refractivity (Wildman–Crippen MR) is 71.2 cm³/mol. The number of hydrogen-bond acceptors (Lipinski definition) is 2. The zero-order valence-electron chi connectivity index (χ0n) is 9.73. The van der Waals surface area contributed by atoms with E-state index in [-0.39, 0.29) is 5.82 Å². The van der Waals surface area contributed by atoms with Crippen LogP contribution in [0.2, 0.25) is 0 Å². The third-order valence-corrected chi connectivity index (χ3v) is 3.30. The van der Waals surface area contributed by atoms with Gasteiger partial charge in [-0.1, -0.05) is 18.2 Å². The summed E-state index contributed by atoms with van der Waals surface area (Å²) in [6.45, 7) is 0. The highest BCUT2D eigenvalue weighted by atomic mass is 79.9. The highest BCUT2D eigenvalue weighted by molar-refractivity contribution is 9.10. The van der Waals surface area contributed by atoms with Crippen molar-refractivity contribution in [1.82, 2.24) is 0 Å². The molecule has 0 fully saturated rings. The molecule has 0 amide bonds. The number of benzene rings is 2. The van der Waals surface area contributed by atoms with Crippen molar-refractivity contribution in [3.8, 4) is 5.75 Å². The second-order valence-corrected chi connectivity index (χ2v) is 4.70. The molecule has 2 nitrogen and oxygen atoms in total. The first-order valence-corrected chi connectivity index (χ1v) is 6.18. The van der Waals surface area contributed by atoms with E-state index in [0.717, 1.165) is 11.3 Å². The minimum atomic E-state index is -0.784. The van der Waals surface area contributed by atoms with Crippen LogP contribution in [-0.2, 0) is 0 Å². The molecule has 0 radical (unpaired) electrons. The summed E-state index contributed by atoms with van der Waals surface area (Å²) in [6.07, 6.45) is -0.784. The Morgan fingerprint density at radius 1 is 1.11 bits per heavy atom. The van der Waals surface area contributed by atoms with Crippen LogP contribution in [-0.4, -0.2) is 12.2 Å². The van der Waals surface area contributed by atoms with Crippen LogP contribution in [0.3, 0.4) is 0 Å². The van der Waals surface area contributed by atoms with E-state index in [2.05, 4.69) is 15.9 Å². The number of halogens is 2. The summed E-state index contributed by atoms with van der Waals surface area (Å²) in [4.78, 5) is 0. The molecule has 4 heteroatoms. The summed E-state index contributed by atoms with van der Waals surface area (Å²) < 4.78 is 18.5. The largest absolute Gasteiger partial charge is 0.497 e. The number of ether oxygens (including phenoxy) is 1. The Kier molecular flexibility index (Phi) is 3.99. The molecule has 0 spiro atoms. The Bertz CT molecular complexity index is 540. The molecule has 0 aliphatic rings. The average molecular weight is 311 g/mol. The van der Waals surface area contributed by atoms with E-state index in [0.29, 0.717) is 10.0 Å². The first kappa shape index (κ1) is 13.1. The molecular formula is C14H12BrFO2. The predicted octanol–water partition coefficient (Wildman–Crippen LogP) is 3.68. The van der Waals surface area contributed by atoms with Gasteiger partial charge in [-0.05, 0) is 51.3 Å². The highest BCUT2D eigenvalue weighted by Gasteiger charge is 2.12. The molecule has 0 aliphatic carbocycles. The van der Waals surface area contributed by atoms with Gasteiger partial charge in [0, 0.05) is 0 Å². The Labute approximate surface area is 113 Å². The van der Waals surface area contributed by atoms with E-state index >= 15 is 0 Å². The van der Waals surface area contributed by atoms with Crippen molar-refractivity contribution in [2.75, 3.05) is 7.11 Å². The molecule has 0 saturated carbocycles. The van der Waals surface area contributed by atoms with Crippen molar-refractivity contribution < 1.29 is 14.2 Å². The second kappa shape index (κ2) is 5.50. The summed E-state index contributed by atoms with van der Waals surface area (Å²) in [6, 6.07) is 11.6. The molecule has 0 saturated heterocycles. The molecule has 1 N–H and O–H groups in total. The first-order valence-electron chi connectivity index (χ1n) is 5.39. The van der Waals surface area contributed by atoms with Crippen molar-refractivity contribution >= 4 is 15.9 Å². The van der Waals surface area contributed by atoms with Crippen molar-refractivity contribution in [1.29, 1.82) is 0 Å². The Balaban J connectivity index is 2.28.